The van der Waals surface area contributed by atoms with Gasteiger partial charge in [-0.3, -0.25) is 4.90 Å². The smallest absolute Gasteiger partial charge is 0.240 e. The van der Waals surface area contributed by atoms with Gasteiger partial charge in [-0.2, -0.15) is 4.98 Å². The van der Waals surface area contributed by atoms with Gasteiger partial charge in [-0.05, 0) is 20.8 Å². The highest BCUT2D eigenvalue weighted by molar-refractivity contribution is 4.90. The van der Waals surface area contributed by atoms with Gasteiger partial charge in [-0.15, -0.1) is 0 Å². The summed E-state index contributed by atoms with van der Waals surface area (Å²) in [6.45, 7) is 10.1. The summed E-state index contributed by atoms with van der Waals surface area (Å²) in [5.41, 5.74) is 0.174. The van der Waals surface area contributed by atoms with Crippen molar-refractivity contribution in [1.82, 2.24) is 20.4 Å². The Kier molecular flexibility index (Phi) is 2.75. The van der Waals surface area contributed by atoms with Crippen molar-refractivity contribution in [3.05, 3.63) is 11.7 Å². The highest BCUT2D eigenvalue weighted by atomic mass is 16.5. The fourth-order valence-corrected chi connectivity index (χ4v) is 1.98. The lowest BCUT2D eigenvalue weighted by molar-refractivity contribution is 0.134. The first-order chi connectivity index (χ1) is 7.05. The molecule has 0 unspecified atom stereocenters. The van der Waals surface area contributed by atoms with Gasteiger partial charge < -0.3 is 9.84 Å². The van der Waals surface area contributed by atoms with Crippen LogP contribution in [-0.4, -0.2) is 40.2 Å². The van der Waals surface area contributed by atoms with E-state index in [4.69, 9.17) is 4.52 Å². The summed E-state index contributed by atoms with van der Waals surface area (Å²) in [6, 6.07) is 0. The molecule has 5 nitrogen and oxygen atoms in total. The van der Waals surface area contributed by atoms with Gasteiger partial charge in [0.1, 0.15) is 0 Å². The van der Waals surface area contributed by atoms with E-state index >= 15 is 0 Å². The van der Waals surface area contributed by atoms with Crippen LogP contribution in [0.25, 0.3) is 0 Å². The van der Waals surface area contributed by atoms with Crippen molar-refractivity contribution in [2.45, 2.75) is 32.9 Å². The predicted molar refractivity (Wildman–Crippen MR) is 56.4 cm³/mol. The maximum Gasteiger partial charge on any atom is 0.240 e. The van der Waals surface area contributed by atoms with Gasteiger partial charge in [0, 0.05) is 25.2 Å². The molecule has 1 aliphatic rings. The molecule has 0 saturated carbocycles. The normalized spacial score (nSPS) is 21.8. The SMILES string of the molecule is Cc1noc(CN2CCNC(C)(C)C2)n1. The van der Waals surface area contributed by atoms with Crippen LogP contribution >= 0.6 is 0 Å². The first kappa shape index (κ1) is 10.6. The van der Waals surface area contributed by atoms with Crippen molar-refractivity contribution in [2.75, 3.05) is 19.6 Å². The number of nitrogens with one attached hydrogen (secondary N) is 1. The first-order valence-corrected chi connectivity index (χ1v) is 5.32. The second-order valence-electron chi connectivity index (χ2n) is 4.76. The number of aromatic nitrogens is 2. The van der Waals surface area contributed by atoms with E-state index in [1.807, 2.05) is 6.92 Å². The van der Waals surface area contributed by atoms with Crippen LogP contribution in [0.15, 0.2) is 4.52 Å². The molecule has 1 aromatic heterocycles. The second kappa shape index (κ2) is 3.90. The molecule has 1 fully saturated rings. The molecule has 84 valence electrons. The fourth-order valence-electron chi connectivity index (χ4n) is 1.98. The van der Waals surface area contributed by atoms with E-state index < -0.39 is 0 Å². The van der Waals surface area contributed by atoms with Gasteiger partial charge >= 0.3 is 0 Å². The van der Waals surface area contributed by atoms with E-state index in [1.165, 1.54) is 0 Å². The van der Waals surface area contributed by atoms with Crippen LogP contribution in [0, 0.1) is 6.92 Å². The average Bonchev–Trinajstić information content (AvgIpc) is 2.49. The Morgan fingerprint density at radius 1 is 1.53 bits per heavy atom. The van der Waals surface area contributed by atoms with E-state index in [0.29, 0.717) is 11.7 Å². The number of aryl methyl sites for hydroxylation is 1. The second-order valence-corrected chi connectivity index (χ2v) is 4.76. The third kappa shape index (κ3) is 2.76. The quantitative estimate of drug-likeness (QED) is 0.773. The molecule has 2 rings (SSSR count). The molecule has 0 bridgehead atoms. The lowest BCUT2D eigenvalue weighted by Gasteiger charge is -2.38. The summed E-state index contributed by atoms with van der Waals surface area (Å²) in [4.78, 5) is 6.55. The number of nitrogens with zero attached hydrogens (tertiary/aromatic N) is 3. The molecule has 0 atom stereocenters. The minimum absolute atomic E-state index is 0.174. The summed E-state index contributed by atoms with van der Waals surface area (Å²) in [5, 5.41) is 7.26. The summed E-state index contributed by atoms with van der Waals surface area (Å²) < 4.78 is 5.11. The van der Waals surface area contributed by atoms with E-state index in [2.05, 4.69) is 34.2 Å². The van der Waals surface area contributed by atoms with Crippen molar-refractivity contribution in [3.63, 3.8) is 0 Å². The molecular formula is C10H18N4O. The van der Waals surface area contributed by atoms with Gasteiger partial charge in [0.2, 0.25) is 5.89 Å². The molecule has 0 aromatic carbocycles. The maximum absolute atomic E-state index is 5.11. The number of hydrogen-bond donors (Lipinski definition) is 1. The zero-order valence-electron chi connectivity index (χ0n) is 9.58. The predicted octanol–water partition coefficient (Wildman–Crippen LogP) is 0.562. The summed E-state index contributed by atoms with van der Waals surface area (Å²) in [5.74, 6) is 1.42. The van der Waals surface area contributed by atoms with Gasteiger partial charge in [-0.25, -0.2) is 0 Å². The third-order valence-corrected chi connectivity index (χ3v) is 2.58. The fraction of sp³-hybridized carbons (Fsp3) is 0.800. The number of piperazine rings is 1. The Bertz CT molecular complexity index is 334. The first-order valence-electron chi connectivity index (χ1n) is 5.32. The molecule has 0 spiro atoms. The topological polar surface area (TPSA) is 54.2 Å². The molecule has 1 saturated heterocycles. The van der Waals surface area contributed by atoms with Crippen LogP contribution < -0.4 is 5.32 Å². The third-order valence-electron chi connectivity index (χ3n) is 2.58. The zero-order chi connectivity index (χ0) is 10.9. The molecule has 5 heteroatoms. The van der Waals surface area contributed by atoms with E-state index in [0.717, 1.165) is 26.2 Å². The highest BCUT2D eigenvalue weighted by Gasteiger charge is 2.26. The minimum Gasteiger partial charge on any atom is -0.338 e. The Labute approximate surface area is 89.8 Å². The molecule has 0 radical (unpaired) electrons. The molecular weight excluding hydrogens is 192 g/mol. The Balaban J connectivity index is 1.95. The molecule has 0 aliphatic carbocycles. The van der Waals surface area contributed by atoms with Crippen molar-refractivity contribution in [1.29, 1.82) is 0 Å². The van der Waals surface area contributed by atoms with E-state index in [1.54, 1.807) is 0 Å². The van der Waals surface area contributed by atoms with Crippen LogP contribution in [0.5, 0.6) is 0 Å². The van der Waals surface area contributed by atoms with Crippen LogP contribution in [-0.2, 0) is 6.54 Å². The van der Waals surface area contributed by atoms with Crippen LogP contribution in [0.1, 0.15) is 25.6 Å². The Morgan fingerprint density at radius 2 is 2.33 bits per heavy atom. The van der Waals surface area contributed by atoms with Crippen LogP contribution in [0.2, 0.25) is 0 Å². The number of rotatable bonds is 2. The molecule has 2 heterocycles. The molecule has 1 aliphatic heterocycles. The van der Waals surface area contributed by atoms with E-state index in [-0.39, 0.29) is 5.54 Å². The standard InChI is InChI=1S/C10H18N4O/c1-8-12-9(15-13-8)6-14-5-4-11-10(2,3)7-14/h11H,4-7H2,1-3H3. The van der Waals surface area contributed by atoms with E-state index in [9.17, 15) is 0 Å². The minimum atomic E-state index is 0.174. The molecule has 1 aromatic rings. The van der Waals surface area contributed by atoms with Gasteiger partial charge in [-0.1, -0.05) is 5.16 Å². The largest absolute Gasteiger partial charge is 0.338 e. The summed E-state index contributed by atoms with van der Waals surface area (Å²) in [7, 11) is 0. The molecule has 1 N–H and O–H groups in total. The zero-order valence-corrected chi connectivity index (χ0v) is 9.58. The van der Waals surface area contributed by atoms with Crippen molar-refractivity contribution >= 4 is 0 Å². The lowest BCUT2D eigenvalue weighted by Crippen LogP contribution is -2.56. The highest BCUT2D eigenvalue weighted by Crippen LogP contribution is 2.12. The molecule has 15 heavy (non-hydrogen) atoms. The average molecular weight is 210 g/mol. The lowest BCUT2D eigenvalue weighted by atomic mass is 10.0. The Hall–Kier alpha value is -0.940. The Morgan fingerprint density at radius 3 is 2.93 bits per heavy atom. The monoisotopic (exact) mass is 210 g/mol. The van der Waals surface area contributed by atoms with Gasteiger partial charge in [0.05, 0.1) is 6.54 Å². The van der Waals surface area contributed by atoms with Gasteiger partial charge in [0.25, 0.3) is 0 Å². The summed E-state index contributed by atoms with van der Waals surface area (Å²) >= 11 is 0. The van der Waals surface area contributed by atoms with Crippen molar-refractivity contribution in [2.24, 2.45) is 0 Å². The van der Waals surface area contributed by atoms with Crippen molar-refractivity contribution in [3.8, 4) is 0 Å². The van der Waals surface area contributed by atoms with Crippen LogP contribution in [0.4, 0.5) is 0 Å². The van der Waals surface area contributed by atoms with Gasteiger partial charge in [0.15, 0.2) is 5.82 Å². The molecule has 0 amide bonds. The van der Waals surface area contributed by atoms with Crippen molar-refractivity contribution < 1.29 is 4.52 Å². The summed E-state index contributed by atoms with van der Waals surface area (Å²) in [6.07, 6.45) is 0. The maximum atomic E-state index is 5.11. The number of hydrogen-bond acceptors (Lipinski definition) is 5. The van der Waals surface area contributed by atoms with Crippen LogP contribution in [0.3, 0.4) is 0 Å².